The predicted molar refractivity (Wildman–Crippen MR) is 44.3 cm³/mol. The second kappa shape index (κ2) is 7.35. The Hall–Kier alpha value is 0.690. The van der Waals surface area contributed by atoms with Crippen LogP contribution in [0.25, 0.3) is 0 Å². The molecule has 0 aromatic rings. The number of rotatable bonds is 5. The SMILES string of the molecule is C[N+](C)(CCO)CCCCl.[Br-]. The normalized spacial score (nSPS) is 10.9. The van der Waals surface area contributed by atoms with E-state index in [-0.39, 0.29) is 23.6 Å². The van der Waals surface area contributed by atoms with E-state index in [9.17, 15) is 0 Å². The highest BCUT2D eigenvalue weighted by molar-refractivity contribution is 6.17. The number of alkyl halides is 1. The van der Waals surface area contributed by atoms with Crippen LogP contribution in [0.3, 0.4) is 0 Å². The van der Waals surface area contributed by atoms with E-state index < -0.39 is 0 Å². The summed E-state index contributed by atoms with van der Waals surface area (Å²) in [5, 5.41) is 8.65. The van der Waals surface area contributed by atoms with Crippen LogP contribution in [0.4, 0.5) is 0 Å². The van der Waals surface area contributed by atoms with Gasteiger partial charge in [-0.25, -0.2) is 0 Å². The number of likely N-dealkylation sites (N-methyl/N-ethyl adjacent to an activating group) is 1. The lowest BCUT2D eigenvalue weighted by molar-refractivity contribution is -0.890. The first-order chi connectivity index (χ1) is 4.62. The molecule has 0 spiro atoms. The van der Waals surface area contributed by atoms with Crippen LogP contribution < -0.4 is 17.0 Å². The fourth-order valence-corrected chi connectivity index (χ4v) is 0.990. The lowest BCUT2D eigenvalue weighted by Crippen LogP contribution is -3.00. The molecule has 0 saturated carbocycles. The van der Waals surface area contributed by atoms with E-state index in [1.807, 2.05) is 0 Å². The molecule has 2 nitrogen and oxygen atoms in total. The first-order valence-corrected chi connectivity index (χ1v) is 4.14. The van der Waals surface area contributed by atoms with Gasteiger partial charge >= 0.3 is 0 Å². The summed E-state index contributed by atoms with van der Waals surface area (Å²) in [6.07, 6.45) is 1.02. The number of nitrogens with zero attached hydrogens (tertiary/aromatic N) is 1. The molecule has 0 heterocycles. The van der Waals surface area contributed by atoms with Crippen LogP contribution in [0.1, 0.15) is 6.42 Å². The Bertz CT molecular complexity index is 90.5. The summed E-state index contributed by atoms with van der Waals surface area (Å²) in [6.45, 7) is 2.12. The van der Waals surface area contributed by atoms with Gasteiger partial charge < -0.3 is 26.6 Å². The van der Waals surface area contributed by atoms with E-state index in [0.29, 0.717) is 5.88 Å². The Kier molecular flexibility index (Phi) is 9.50. The van der Waals surface area contributed by atoms with Gasteiger partial charge in [-0.1, -0.05) is 0 Å². The van der Waals surface area contributed by atoms with Gasteiger partial charge in [-0.3, -0.25) is 0 Å². The zero-order chi connectivity index (χ0) is 8.04. The second-order valence-electron chi connectivity index (χ2n) is 3.15. The number of hydrogen-bond donors (Lipinski definition) is 1. The first kappa shape index (κ1) is 14.2. The Morgan fingerprint density at radius 2 is 1.82 bits per heavy atom. The van der Waals surface area contributed by atoms with Crippen LogP contribution in [-0.4, -0.2) is 49.3 Å². The molecule has 0 aliphatic rings. The summed E-state index contributed by atoms with van der Waals surface area (Å²) >= 11 is 5.54. The van der Waals surface area contributed by atoms with Crippen molar-refractivity contribution < 1.29 is 26.6 Å². The van der Waals surface area contributed by atoms with Crippen molar-refractivity contribution in [3.8, 4) is 0 Å². The molecule has 0 rings (SSSR count). The lowest BCUT2D eigenvalue weighted by atomic mass is 10.4. The van der Waals surface area contributed by atoms with E-state index in [1.165, 1.54) is 0 Å². The van der Waals surface area contributed by atoms with Gasteiger partial charge in [-0.2, -0.15) is 0 Å². The standard InChI is InChI=1S/C7H17ClNO.BrH/c1-9(2,6-7-10)5-3-4-8;/h10H,3-7H2,1-2H3;1H/q+1;/p-1. The van der Waals surface area contributed by atoms with Crippen LogP contribution in [-0.2, 0) is 0 Å². The average Bonchev–Trinajstić information content (AvgIpc) is 1.84. The minimum Gasteiger partial charge on any atom is -1.00 e. The summed E-state index contributed by atoms with van der Waals surface area (Å²) in [4.78, 5) is 0. The predicted octanol–water partition coefficient (Wildman–Crippen LogP) is -2.31. The van der Waals surface area contributed by atoms with Crippen LogP contribution in [0.15, 0.2) is 0 Å². The molecule has 0 aromatic heterocycles. The topological polar surface area (TPSA) is 20.2 Å². The largest absolute Gasteiger partial charge is 1.00 e. The van der Waals surface area contributed by atoms with Crippen molar-refractivity contribution in [1.29, 1.82) is 0 Å². The molecule has 70 valence electrons. The molecule has 0 fully saturated rings. The molecule has 0 radical (unpaired) electrons. The highest BCUT2D eigenvalue weighted by Gasteiger charge is 2.11. The number of aliphatic hydroxyl groups excluding tert-OH is 1. The van der Waals surface area contributed by atoms with Crippen molar-refractivity contribution in [2.75, 3.05) is 39.7 Å². The maximum Gasteiger partial charge on any atom is 0.102 e. The van der Waals surface area contributed by atoms with E-state index in [4.69, 9.17) is 16.7 Å². The molecule has 0 amide bonds. The molecule has 4 heteroatoms. The van der Waals surface area contributed by atoms with E-state index >= 15 is 0 Å². The van der Waals surface area contributed by atoms with Gasteiger partial charge in [0.2, 0.25) is 0 Å². The van der Waals surface area contributed by atoms with Gasteiger partial charge in [-0.15, -0.1) is 11.6 Å². The molecular formula is C7H17BrClNO. The zero-order valence-corrected chi connectivity index (χ0v) is 9.53. The first-order valence-electron chi connectivity index (χ1n) is 3.61. The van der Waals surface area contributed by atoms with Gasteiger partial charge in [-0.05, 0) is 0 Å². The molecule has 0 atom stereocenters. The fourth-order valence-electron chi connectivity index (χ4n) is 0.870. The Balaban J connectivity index is 0. The molecular weight excluding hydrogens is 229 g/mol. The zero-order valence-electron chi connectivity index (χ0n) is 7.19. The van der Waals surface area contributed by atoms with E-state index in [1.54, 1.807) is 0 Å². The van der Waals surface area contributed by atoms with E-state index in [0.717, 1.165) is 24.0 Å². The Labute approximate surface area is 84.5 Å². The van der Waals surface area contributed by atoms with Crippen LogP contribution in [0.2, 0.25) is 0 Å². The molecule has 0 aliphatic heterocycles. The number of hydrogen-bond acceptors (Lipinski definition) is 1. The van der Waals surface area contributed by atoms with Crippen molar-refractivity contribution in [2.45, 2.75) is 6.42 Å². The molecule has 0 bridgehead atoms. The molecule has 11 heavy (non-hydrogen) atoms. The summed E-state index contributed by atoms with van der Waals surface area (Å²) in [5.41, 5.74) is 0. The third kappa shape index (κ3) is 8.60. The van der Waals surface area contributed by atoms with Gasteiger partial charge in [0.15, 0.2) is 0 Å². The Morgan fingerprint density at radius 1 is 1.27 bits per heavy atom. The van der Waals surface area contributed by atoms with Crippen molar-refractivity contribution in [3.63, 3.8) is 0 Å². The van der Waals surface area contributed by atoms with Gasteiger partial charge in [0.05, 0.1) is 27.2 Å². The Morgan fingerprint density at radius 3 is 2.18 bits per heavy atom. The van der Waals surface area contributed by atoms with Crippen molar-refractivity contribution in [1.82, 2.24) is 0 Å². The van der Waals surface area contributed by atoms with Crippen molar-refractivity contribution >= 4 is 11.6 Å². The summed E-state index contributed by atoms with van der Waals surface area (Å²) in [5.74, 6) is 0.715. The number of quaternary nitrogens is 1. The second-order valence-corrected chi connectivity index (χ2v) is 3.53. The minimum atomic E-state index is 0. The molecule has 0 aliphatic carbocycles. The fraction of sp³-hybridized carbons (Fsp3) is 1.00. The highest BCUT2D eigenvalue weighted by Crippen LogP contribution is 1.98. The average molecular weight is 247 g/mol. The van der Waals surface area contributed by atoms with Crippen LogP contribution in [0, 0.1) is 0 Å². The number of halogens is 2. The number of aliphatic hydroxyl groups is 1. The van der Waals surface area contributed by atoms with Crippen molar-refractivity contribution in [3.05, 3.63) is 0 Å². The lowest BCUT2D eigenvalue weighted by Gasteiger charge is -2.28. The molecule has 0 unspecified atom stereocenters. The van der Waals surface area contributed by atoms with Crippen LogP contribution >= 0.6 is 11.6 Å². The van der Waals surface area contributed by atoms with Crippen molar-refractivity contribution in [2.24, 2.45) is 0 Å². The monoisotopic (exact) mass is 245 g/mol. The quantitative estimate of drug-likeness (QED) is 0.427. The third-order valence-corrected chi connectivity index (χ3v) is 1.87. The third-order valence-electron chi connectivity index (χ3n) is 1.60. The maximum absolute atomic E-state index is 8.65. The van der Waals surface area contributed by atoms with Gasteiger partial charge in [0.1, 0.15) is 6.54 Å². The van der Waals surface area contributed by atoms with Crippen LogP contribution in [0.5, 0.6) is 0 Å². The molecule has 0 aromatic carbocycles. The summed E-state index contributed by atoms with van der Waals surface area (Å²) in [6, 6.07) is 0. The molecule has 1 N–H and O–H groups in total. The molecule has 0 saturated heterocycles. The van der Waals surface area contributed by atoms with E-state index in [2.05, 4.69) is 14.1 Å². The van der Waals surface area contributed by atoms with Gasteiger partial charge in [0, 0.05) is 12.3 Å². The highest BCUT2D eigenvalue weighted by atomic mass is 79.9. The summed E-state index contributed by atoms with van der Waals surface area (Å²) < 4.78 is 0.864. The minimum absolute atomic E-state index is 0. The smallest absolute Gasteiger partial charge is 0.102 e. The van der Waals surface area contributed by atoms with Gasteiger partial charge in [0.25, 0.3) is 0 Å². The summed E-state index contributed by atoms with van der Waals surface area (Å²) in [7, 11) is 4.20. The maximum atomic E-state index is 8.65.